The molecule has 0 spiro atoms. The third-order valence-electron chi connectivity index (χ3n) is 5.01. The van der Waals surface area contributed by atoms with Crippen LogP contribution in [0.5, 0.6) is 5.75 Å². The topological polar surface area (TPSA) is 80.2 Å². The molecule has 3 rings (SSSR count). The van der Waals surface area contributed by atoms with Gasteiger partial charge in [0.1, 0.15) is 12.4 Å². The van der Waals surface area contributed by atoms with Crippen molar-refractivity contribution in [3.05, 3.63) is 64.9 Å². The first-order chi connectivity index (χ1) is 15.3. The number of aliphatic imine (C=N–C) groups is 1. The van der Waals surface area contributed by atoms with E-state index in [1.54, 1.807) is 14.0 Å². The van der Waals surface area contributed by atoms with Crippen LogP contribution in [0.15, 0.2) is 64.3 Å². The zero-order valence-corrected chi connectivity index (χ0v) is 19.7. The number of fused-ring (bicyclic) bond motifs is 1. The number of benzene rings is 1. The van der Waals surface area contributed by atoms with E-state index in [9.17, 15) is 9.59 Å². The Balaban J connectivity index is 2.00. The van der Waals surface area contributed by atoms with E-state index >= 15 is 0 Å². The molecule has 170 valence electrons. The Hall–Kier alpha value is -3.00. The molecule has 0 aliphatic carbocycles. The molecule has 2 heterocycles. The van der Waals surface area contributed by atoms with Gasteiger partial charge in [-0.15, -0.1) is 0 Å². The molecular weight excluding hydrogens is 426 g/mol. The number of hydrogen-bond donors (Lipinski definition) is 1. The van der Waals surface area contributed by atoms with Crippen molar-refractivity contribution in [1.82, 2.24) is 10.2 Å². The van der Waals surface area contributed by atoms with Crippen molar-refractivity contribution in [3.8, 4) is 5.75 Å². The van der Waals surface area contributed by atoms with Crippen molar-refractivity contribution in [1.29, 1.82) is 0 Å². The second kappa shape index (κ2) is 10.5. The maximum absolute atomic E-state index is 13.0. The van der Waals surface area contributed by atoms with Crippen molar-refractivity contribution in [3.63, 3.8) is 0 Å². The Kier molecular flexibility index (Phi) is 7.80. The Morgan fingerprint density at radius 2 is 2.16 bits per heavy atom. The van der Waals surface area contributed by atoms with Crippen LogP contribution in [-0.4, -0.2) is 42.2 Å². The summed E-state index contributed by atoms with van der Waals surface area (Å²) in [5.41, 5.74) is 2.64. The van der Waals surface area contributed by atoms with E-state index in [1.165, 1.54) is 17.8 Å². The number of nitrogens with one attached hydrogen (secondary N) is 1. The van der Waals surface area contributed by atoms with Gasteiger partial charge < -0.3 is 19.7 Å². The molecule has 0 saturated carbocycles. The number of allylic oxidation sites excluding steroid dienone is 1. The highest BCUT2D eigenvalue weighted by molar-refractivity contribution is 8.16. The molecule has 2 aliphatic rings. The fourth-order valence-electron chi connectivity index (χ4n) is 3.52. The average Bonchev–Trinajstić information content (AvgIpc) is 3.16. The highest BCUT2D eigenvalue weighted by atomic mass is 32.2. The number of nitrogens with zero attached hydrogens (tertiary/aromatic N) is 2. The largest absolute Gasteiger partial charge is 0.497 e. The van der Waals surface area contributed by atoms with E-state index in [4.69, 9.17) is 9.47 Å². The summed E-state index contributed by atoms with van der Waals surface area (Å²) < 4.78 is 10.8. The second-order valence-corrected chi connectivity index (χ2v) is 8.77. The van der Waals surface area contributed by atoms with Gasteiger partial charge in [-0.2, -0.15) is 0 Å². The van der Waals surface area contributed by atoms with Crippen LogP contribution >= 0.6 is 11.8 Å². The quantitative estimate of drug-likeness (QED) is 0.445. The smallest absolute Gasteiger partial charge is 0.338 e. The zero-order valence-electron chi connectivity index (χ0n) is 18.9. The number of carbonyl (C=O) groups is 2. The van der Waals surface area contributed by atoms with Crippen molar-refractivity contribution in [2.75, 3.05) is 20.3 Å². The van der Waals surface area contributed by atoms with Gasteiger partial charge in [-0.3, -0.25) is 4.79 Å². The molecular formula is C24H29N3O4S. The van der Waals surface area contributed by atoms with Gasteiger partial charge in [0.25, 0.3) is 0 Å². The molecule has 2 aliphatic heterocycles. The van der Waals surface area contributed by atoms with Gasteiger partial charge in [0, 0.05) is 12.2 Å². The highest BCUT2D eigenvalue weighted by Gasteiger charge is 2.41. The van der Waals surface area contributed by atoms with Crippen LogP contribution in [0.4, 0.5) is 0 Å². The number of esters is 1. The van der Waals surface area contributed by atoms with E-state index in [0.29, 0.717) is 29.5 Å². The van der Waals surface area contributed by atoms with E-state index in [0.717, 1.165) is 16.4 Å². The van der Waals surface area contributed by atoms with Crippen molar-refractivity contribution in [2.24, 2.45) is 10.9 Å². The van der Waals surface area contributed by atoms with Gasteiger partial charge in [-0.25, -0.2) is 9.79 Å². The average molecular weight is 456 g/mol. The third kappa shape index (κ3) is 5.24. The lowest BCUT2D eigenvalue weighted by Crippen LogP contribution is -2.38. The highest BCUT2D eigenvalue weighted by Crippen LogP contribution is 2.45. The molecule has 1 atom stereocenters. The lowest BCUT2D eigenvalue weighted by atomic mass is 9.93. The maximum Gasteiger partial charge on any atom is 0.338 e. The molecule has 8 heteroatoms. The lowest BCUT2D eigenvalue weighted by molar-refractivity contribution is -0.138. The van der Waals surface area contributed by atoms with Crippen molar-refractivity contribution >= 4 is 28.8 Å². The van der Waals surface area contributed by atoms with Crippen LogP contribution in [0.3, 0.4) is 0 Å². The molecule has 0 radical (unpaired) electrons. The summed E-state index contributed by atoms with van der Waals surface area (Å²) in [6, 6.07) is 7.06. The molecule has 32 heavy (non-hydrogen) atoms. The molecule has 1 aromatic carbocycles. The number of thioether (sulfide) groups is 1. The van der Waals surface area contributed by atoms with Crippen LogP contribution < -0.4 is 10.1 Å². The first kappa shape index (κ1) is 23.7. The number of ether oxygens (including phenoxy) is 2. The Morgan fingerprint density at radius 1 is 1.38 bits per heavy atom. The summed E-state index contributed by atoms with van der Waals surface area (Å²) >= 11 is 1.44. The third-order valence-corrected chi connectivity index (χ3v) is 5.90. The molecule has 0 saturated heterocycles. The number of amidine groups is 1. The van der Waals surface area contributed by atoms with Gasteiger partial charge in [-0.1, -0.05) is 50.4 Å². The van der Waals surface area contributed by atoms with Crippen LogP contribution in [0, 0.1) is 5.92 Å². The van der Waals surface area contributed by atoms with Crippen LogP contribution in [0.2, 0.25) is 0 Å². The standard InChI is InChI=1S/C24H29N3O4S/c1-6-10-31-23(29)21-16(4)26-24-27(22(21)17-8-7-9-19(11-17)30-5)18(14-32-24)12-20(28)25-13-15(2)3/h6-9,11,14-15,22H,1,10,12-13H2,2-5H3,(H,25,28). The fraction of sp³-hybridized carbons (Fsp3) is 0.375. The second-order valence-electron chi connectivity index (χ2n) is 7.93. The van der Waals surface area contributed by atoms with E-state index in [-0.39, 0.29) is 18.9 Å². The predicted octanol–water partition coefficient (Wildman–Crippen LogP) is 4.16. The van der Waals surface area contributed by atoms with Crippen molar-refractivity contribution < 1.29 is 19.1 Å². The molecule has 1 aromatic rings. The molecule has 0 fully saturated rings. The van der Waals surface area contributed by atoms with E-state index < -0.39 is 12.0 Å². The van der Waals surface area contributed by atoms with Gasteiger partial charge >= 0.3 is 5.97 Å². The van der Waals surface area contributed by atoms with Gasteiger partial charge in [-0.05, 0) is 35.9 Å². The normalized spacial score (nSPS) is 17.5. The van der Waals surface area contributed by atoms with E-state index in [1.807, 2.05) is 48.4 Å². The Bertz CT molecular complexity index is 997. The predicted molar refractivity (Wildman–Crippen MR) is 127 cm³/mol. The summed E-state index contributed by atoms with van der Waals surface area (Å²) in [5.74, 6) is 0.506. The molecule has 7 nitrogen and oxygen atoms in total. The Labute approximate surface area is 193 Å². The minimum absolute atomic E-state index is 0.0711. The van der Waals surface area contributed by atoms with Crippen LogP contribution in [-0.2, 0) is 14.3 Å². The van der Waals surface area contributed by atoms with Crippen LogP contribution in [0.1, 0.15) is 38.8 Å². The number of rotatable bonds is 9. The van der Waals surface area contributed by atoms with Gasteiger partial charge in [0.15, 0.2) is 5.17 Å². The summed E-state index contributed by atoms with van der Waals surface area (Å²) in [4.78, 5) is 32.2. The molecule has 1 N–H and O–H groups in total. The minimum atomic E-state index is -0.492. The summed E-state index contributed by atoms with van der Waals surface area (Å²) in [6.07, 6.45) is 1.72. The molecule has 0 bridgehead atoms. The Morgan fingerprint density at radius 3 is 2.84 bits per heavy atom. The number of methoxy groups -OCH3 is 1. The van der Waals surface area contributed by atoms with Crippen LogP contribution in [0.25, 0.3) is 0 Å². The first-order valence-electron chi connectivity index (χ1n) is 10.5. The minimum Gasteiger partial charge on any atom is -0.497 e. The monoisotopic (exact) mass is 455 g/mol. The van der Waals surface area contributed by atoms with Crippen molar-refractivity contribution in [2.45, 2.75) is 33.2 Å². The molecule has 0 aromatic heterocycles. The lowest BCUT2D eigenvalue weighted by Gasteiger charge is -2.36. The van der Waals surface area contributed by atoms with Gasteiger partial charge in [0.2, 0.25) is 5.91 Å². The maximum atomic E-state index is 13.0. The number of carbonyl (C=O) groups excluding carboxylic acids is 2. The van der Waals surface area contributed by atoms with E-state index in [2.05, 4.69) is 16.9 Å². The molecule has 1 unspecified atom stereocenters. The fourth-order valence-corrected chi connectivity index (χ4v) is 4.48. The summed E-state index contributed by atoms with van der Waals surface area (Å²) in [7, 11) is 1.60. The summed E-state index contributed by atoms with van der Waals surface area (Å²) in [6.45, 7) is 10.2. The molecule has 1 amide bonds. The number of hydrogen-bond acceptors (Lipinski definition) is 7. The zero-order chi connectivity index (χ0) is 23.3. The number of amides is 1. The van der Waals surface area contributed by atoms with Gasteiger partial charge in [0.05, 0.1) is 30.8 Å². The summed E-state index contributed by atoms with van der Waals surface area (Å²) in [5, 5.41) is 5.60. The SMILES string of the molecule is C=CCOC(=O)C1=C(C)N=C2SC=C(CC(=O)NCC(C)C)N2C1c1cccc(OC)c1. The first-order valence-corrected chi connectivity index (χ1v) is 11.4.